The van der Waals surface area contributed by atoms with Crippen molar-refractivity contribution < 1.29 is 4.39 Å². The van der Waals surface area contributed by atoms with E-state index in [-0.39, 0.29) is 11.9 Å². The van der Waals surface area contributed by atoms with Gasteiger partial charge < -0.3 is 26.3 Å². The van der Waals surface area contributed by atoms with Gasteiger partial charge in [-0.05, 0) is 37.8 Å². The molecule has 164 valence electrons. The van der Waals surface area contributed by atoms with Crippen LogP contribution in [-0.4, -0.2) is 50.6 Å². The number of aryl methyl sites for hydroxylation is 1. The minimum atomic E-state index is -0.308. The summed E-state index contributed by atoms with van der Waals surface area (Å²) in [5.41, 5.74) is 9.12. The highest BCUT2D eigenvalue weighted by Gasteiger charge is 2.44. The predicted molar refractivity (Wildman–Crippen MR) is 123 cm³/mol. The minimum Gasteiger partial charge on any atom is -0.386 e. The Morgan fingerprint density at radius 1 is 1.19 bits per heavy atom. The molecule has 2 aliphatic rings. The predicted octanol–water partition coefficient (Wildman–Crippen LogP) is 3.06. The normalized spacial score (nSPS) is 22.2. The first-order valence-electron chi connectivity index (χ1n) is 10.8. The number of aromatic nitrogens is 5. The second-order valence-corrected chi connectivity index (χ2v) is 8.69. The molecule has 3 aromatic heterocycles. The maximum Gasteiger partial charge on any atom is 0.231 e. The zero-order chi connectivity index (χ0) is 22.0. The van der Waals surface area contributed by atoms with Gasteiger partial charge in [0.15, 0.2) is 0 Å². The summed E-state index contributed by atoms with van der Waals surface area (Å²) >= 11 is 0. The van der Waals surface area contributed by atoms with Gasteiger partial charge in [-0.3, -0.25) is 0 Å². The number of nitrogens with zero attached hydrogens (tertiary/aromatic N) is 5. The van der Waals surface area contributed by atoms with E-state index in [2.05, 4.69) is 30.5 Å². The summed E-state index contributed by atoms with van der Waals surface area (Å²) in [6, 6.07) is 3.57. The van der Waals surface area contributed by atoms with Crippen LogP contribution in [0.5, 0.6) is 0 Å². The number of anilines is 4. The second kappa shape index (κ2) is 6.99. The third kappa shape index (κ3) is 2.94. The van der Waals surface area contributed by atoms with Crippen LogP contribution in [0.4, 0.5) is 27.5 Å². The van der Waals surface area contributed by atoms with Crippen LogP contribution in [0.1, 0.15) is 18.7 Å². The number of H-pyrrole nitrogens is 1. The molecule has 0 spiro atoms. The molecule has 6 rings (SSSR count). The van der Waals surface area contributed by atoms with E-state index < -0.39 is 0 Å². The third-order valence-corrected chi connectivity index (χ3v) is 6.68. The first-order chi connectivity index (χ1) is 15.5. The molecule has 3 atom stereocenters. The van der Waals surface area contributed by atoms with Crippen molar-refractivity contribution in [1.82, 2.24) is 24.9 Å². The number of benzene rings is 1. The number of nitrogens with two attached hydrogens (primary N) is 1. The van der Waals surface area contributed by atoms with Crippen molar-refractivity contribution in [2.45, 2.75) is 31.8 Å². The molecular weight excluding hydrogens is 409 g/mol. The Kier molecular flexibility index (Phi) is 4.19. The molecule has 0 unspecified atom stereocenters. The molecule has 1 aromatic carbocycles. The Bertz CT molecular complexity index is 1330. The molecule has 2 fully saturated rings. The Balaban J connectivity index is 1.55. The van der Waals surface area contributed by atoms with E-state index in [1.807, 2.05) is 6.92 Å². The number of hydrogen-bond donors (Lipinski definition) is 4. The smallest absolute Gasteiger partial charge is 0.231 e. The number of hydrogen-bond acceptors (Lipinski definition) is 8. The van der Waals surface area contributed by atoms with Crippen molar-refractivity contribution >= 4 is 45.1 Å². The molecule has 5 N–H and O–H groups in total. The fourth-order valence-corrected chi connectivity index (χ4v) is 5.14. The van der Waals surface area contributed by atoms with Crippen molar-refractivity contribution in [3.8, 4) is 0 Å². The van der Waals surface area contributed by atoms with Gasteiger partial charge in [0.1, 0.15) is 23.1 Å². The first-order valence-corrected chi connectivity index (χ1v) is 10.8. The van der Waals surface area contributed by atoms with Crippen molar-refractivity contribution in [3.63, 3.8) is 0 Å². The first kappa shape index (κ1) is 19.2. The summed E-state index contributed by atoms with van der Waals surface area (Å²) < 4.78 is 14.4. The quantitative estimate of drug-likeness (QED) is 0.388. The van der Waals surface area contributed by atoms with E-state index in [1.165, 1.54) is 6.07 Å². The average molecular weight is 433 g/mol. The molecule has 2 bridgehead atoms. The number of piperidine rings is 1. The number of rotatable bonds is 4. The van der Waals surface area contributed by atoms with Gasteiger partial charge in [0.2, 0.25) is 5.95 Å². The Morgan fingerprint density at radius 3 is 2.69 bits per heavy atom. The molecule has 32 heavy (non-hydrogen) atoms. The molecule has 9 nitrogen and oxygen atoms in total. The van der Waals surface area contributed by atoms with Gasteiger partial charge in [-0.1, -0.05) is 0 Å². The summed E-state index contributed by atoms with van der Waals surface area (Å²) in [5.74, 6) is 2.06. The van der Waals surface area contributed by atoms with E-state index in [4.69, 9.17) is 15.7 Å². The third-order valence-electron chi connectivity index (χ3n) is 6.68. The molecule has 1 saturated heterocycles. The Hall–Kier alpha value is -3.53. The second-order valence-electron chi connectivity index (χ2n) is 8.69. The summed E-state index contributed by atoms with van der Waals surface area (Å²) in [5, 5.41) is 7.87. The molecule has 1 saturated carbocycles. The van der Waals surface area contributed by atoms with Crippen molar-refractivity contribution in [2.75, 3.05) is 29.1 Å². The van der Waals surface area contributed by atoms with Crippen molar-refractivity contribution in [2.24, 2.45) is 11.7 Å². The van der Waals surface area contributed by atoms with Crippen molar-refractivity contribution in [3.05, 3.63) is 36.2 Å². The monoisotopic (exact) mass is 433 g/mol. The summed E-state index contributed by atoms with van der Waals surface area (Å²) in [6.07, 6.45) is 5.39. The lowest BCUT2D eigenvalue weighted by Gasteiger charge is -2.31. The highest BCUT2D eigenvalue weighted by molar-refractivity contribution is 6.15. The van der Waals surface area contributed by atoms with Crippen LogP contribution in [-0.2, 0) is 0 Å². The van der Waals surface area contributed by atoms with Crippen LogP contribution >= 0.6 is 0 Å². The minimum absolute atomic E-state index is 0.229. The fourth-order valence-electron chi connectivity index (χ4n) is 5.14. The van der Waals surface area contributed by atoms with Crippen LogP contribution in [0.25, 0.3) is 21.9 Å². The molecule has 0 radical (unpaired) electrons. The van der Waals surface area contributed by atoms with Crippen LogP contribution < -0.4 is 21.3 Å². The van der Waals surface area contributed by atoms with E-state index >= 15 is 0 Å². The molecule has 1 aliphatic heterocycles. The zero-order valence-corrected chi connectivity index (χ0v) is 17.9. The molecule has 1 aliphatic carbocycles. The van der Waals surface area contributed by atoms with Gasteiger partial charge in [-0.2, -0.15) is 9.97 Å². The molecule has 10 heteroatoms. The van der Waals surface area contributed by atoms with E-state index in [9.17, 15) is 4.39 Å². The van der Waals surface area contributed by atoms with Crippen LogP contribution in [0.3, 0.4) is 0 Å². The summed E-state index contributed by atoms with van der Waals surface area (Å²) in [7, 11) is 1.78. The Labute approximate surface area is 183 Å². The molecular formula is C22H24FN9. The fraction of sp³-hybridized carbons (Fsp3) is 0.364. The Morgan fingerprint density at radius 2 is 2.00 bits per heavy atom. The largest absolute Gasteiger partial charge is 0.386 e. The van der Waals surface area contributed by atoms with Gasteiger partial charge in [0.05, 0.1) is 34.7 Å². The number of nitrogens with one attached hydrogen (secondary N) is 3. The lowest BCUT2D eigenvalue weighted by atomic mass is 10.0. The maximum absolute atomic E-state index is 14.4. The van der Waals surface area contributed by atoms with E-state index in [0.29, 0.717) is 40.8 Å². The zero-order valence-electron chi connectivity index (χ0n) is 17.9. The lowest BCUT2D eigenvalue weighted by Crippen LogP contribution is -2.41. The highest BCUT2D eigenvalue weighted by atomic mass is 19.1. The maximum atomic E-state index is 14.4. The number of halogens is 1. The SMILES string of the molecule is CNc1cc(F)cc2c1[nH]c1nc(Nc3cnc(C)nc3)nc(N3C[C@H]4C[C@@H]3C[C@H]4N)c12. The van der Waals surface area contributed by atoms with Crippen LogP contribution in [0.2, 0.25) is 0 Å². The van der Waals surface area contributed by atoms with Gasteiger partial charge in [-0.25, -0.2) is 14.4 Å². The molecule has 4 aromatic rings. The average Bonchev–Trinajstić information content (AvgIpc) is 3.46. The van der Waals surface area contributed by atoms with Gasteiger partial charge >= 0.3 is 0 Å². The van der Waals surface area contributed by atoms with Crippen molar-refractivity contribution in [1.29, 1.82) is 0 Å². The number of aromatic amines is 1. The summed E-state index contributed by atoms with van der Waals surface area (Å²) in [6.45, 7) is 2.67. The van der Waals surface area contributed by atoms with E-state index in [1.54, 1.807) is 25.5 Å². The lowest BCUT2D eigenvalue weighted by molar-refractivity contribution is 0.471. The van der Waals surface area contributed by atoms with Gasteiger partial charge in [0, 0.05) is 31.1 Å². The van der Waals surface area contributed by atoms with Gasteiger partial charge in [-0.15, -0.1) is 0 Å². The van der Waals surface area contributed by atoms with E-state index in [0.717, 1.165) is 41.5 Å². The highest BCUT2D eigenvalue weighted by Crippen LogP contribution is 2.43. The molecule has 4 heterocycles. The van der Waals surface area contributed by atoms with Crippen LogP contribution in [0.15, 0.2) is 24.5 Å². The standard InChI is InChI=1S/C22H24FN9/c1-10-26-7-13(8-27-10)28-22-30-20-18(15-4-12(23)5-17(25-2)19(15)29-20)21(31-22)32-9-11-3-14(32)6-16(11)24/h4-5,7-8,11,14,16,25H,3,6,9,24H2,1-2H3,(H2,28,29,30,31)/t11-,14-,16-/m1/s1. The number of fused-ring (bicyclic) bond motifs is 5. The van der Waals surface area contributed by atoms with Crippen LogP contribution in [0, 0.1) is 18.7 Å². The summed E-state index contributed by atoms with van der Waals surface area (Å²) in [4.78, 5) is 23.8. The molecule has 0 amide bonds. The topological polar surface area (TPSA) is 121 Å². The van der Waals surface area contributed by atoms with Gasteiger partial charge in [0.25, 0.3) is 0 Å².